The van der Waals surface area contributed by atoms with Gasteiger partial charge in [-0.15, -0.1) is 0 Å². The molecule has 0 bridgehead atoms. The minimum Gasteiger partial charge on any atom is -0.368 e. The van der Waals surface area contributed by atoms with Gasteiger partial charge < -0.3 is 9.80 Å². The zero-order chi connectivity index (χ0) is 20.5. The van der Waals surface area contributed by atoms with Crippen LogP contribution in [0.4, 0.5) is 22.7 Å². The van der Waals surface area contributed by atoms with Crippen molar-refractivity contribution < 1.29 is 18.3 Å². The normalized spacial score (nSPS) is 14.8. The maximum Gasteiger partial charge on any atom is 0.311 e. The Morgan fingerprint density at radius 2 is 1.43 bits per heavy atom. The fraction of sp³-hybridized carbons (Fsp3) is 0.294. The van der Waals surface area contributed by atoms with Crippen molar-refractivity contribution in [1.82, 2.24) is 0 Å². The molecule has 28 heavy (non-hydrogen) atoms. The third-order valence-corrected chi connectivity index (χ3v) is 5.73. The molecule has 0 amide bonds. The Labute approximate surface area is 161 Å². The zero-order valence-electron chi connectivity index (χ0n) is 15.0. The van der Waals surface area contributed by atoms with Crippen molar-refractivity contribution in [1.29, 1.82) is 0 Å². The molecule has 10 nitrogen and oxygen atoms in total. The summed E-state index contributed by atoms with van der Waals surface area (Å²) in [6, 6.07) is 10.5. The molecule has 1 heterocycles. The molecule has 2 aromatic rings. The number of nitrogens with zero attached hydrogens (tertiary/aromatic N) is 4. The third kappa shape index (κ3) is 3.88. The van der Waals surface area contributed by atoms with E-state index in [-0.39, 0.29) is 16.3 Å². The van der Waals surface area contributed by atoms with E-state index in [1.165, 1.54) is 24.3 Å². The first-order valence-electron chi connectivity index (χ1n) is 8.40. The van der Waals surface area contributed by atoms with Gasteiger partial charge in [0.25, 0.3) is 5.69 Å². The van der Waals surface area contributed by atoms with Gasteiger partial charge in [0.1, 0.15) is 10.6 Å². The van der Waals surface area contributed by atoms with Gasteiger partial charge >= 0.3 is 5.69 Å². The van der Waals surface area contributed by atoms with Gasteiger partial charge in [-0.05, 0) is 24.3 Å². The summed E-state index contributed by atoms with van der Waals surface area (Å²) < 4.78 is 23.9. The average molecular weight is 406 g/mol. The Balaban J connectivity index is 1.82. The topological polar surface area (TPSA) is 127 Å². The highest BCUT2D eigenvalue weighted by atomic mass is 32.2. The summed E-state index contributed by atoms with van der Waals surface area (Å²) in [5.41, 5.74) is 0.699. The van der Waals surface area contributed by atoms with Crippen molar-refractivity contribution in [2.75, 3.05) is 42.2 Å². The van der Waals surface area contributed by atoms with E-state index in [1.54, 1.807) is 23.1 Å². The molecule has 3 rings (SSSR count). The maximum atomic E-state index is 11.9. The summed E-state index contributed by atoms with van der Waals surface area (Å²) in [5.74, 6) is 0. The summed E-state index contributed by atoms with van der Waals surface area (Å²) in [7, 11) is -3.74. The molecule has 1 aliphatic rings. The lowest BCUT2D eigenvalue weighted by Crippen LogP contribution is -2.46. The molecular weight excluding hydrogens is 388 g/mol. The van der Waals surface area contributed by atoms with Crippen LogP contribution in [0.1, 0.15) is 0 Å². The SMILES string of the molecule is CS(=O)(=O)c1cccc(N2CCN(c3ccc([N+](=O)[O-])cc3)CC2)c1[N+](=O)[O-]. The predicted molar refractivity (Wildman–Crippen MR) is 104 cm³/mol. The van der Waals surface area contributed by atoms with E-state index in [9.17, 15) is 28.6 Å². The number of nitro groups is 2. The van der Waals surface area contributed by atoms with Crippen molar-refractivity contribution in [3.63, 3.8) is 0 Å². The number of non-ortho nitro benzene ring substituents is 1. The van der Waals surface area contributed by atoms with Crippen LogP contribution in [0.25, 0.3) is 0 Å². The summed E-state index contributed by atoms with van der Waals surface area (Å²) in [5, 5.41) is 22.3. The molecular formula is C17H18N4O6S. The molecule has 0 unspecified atom stereocenters. The van der Waals surface area contributed by atoms with E-state index >= 15 is 0 Å². The highest BCUT2D eigenvalue weighted by Gasteiger charge is 2.30. The van der Waals surface area contributed by atoms with Crippen molar-refractivity contribution in [3.8, 4) is 0 Å². The maximum absolute atomic E-state index is 11.9. The van der Waals surface area contributed by atoms with Gasteiger partial charge in [-0.3, -0.25) is 20.2 Å². The first-order chi connectivity index (χ1) is 13.2. The lowest BCUT2D eigenvalue weighted by Gasteiger charge is -2.37. The van der Waals surface area contributed by atoms with Crippen LogP contribution in [0.2, 0.25) is 0 Å². The molecule has 11 heteroatoms. The first-order valence-corrected chi connectivity index (χ1v) is 10.3. The molecule has 0 N–H and O–H groups in total. The summed E-state index contributed by atoms with van der Waals surface area (Å²) >= 11 is 0. The Hall–Kier alpha value is -3.21. The molecule has 1 aliphatic heterocycles. The molecule has 1 fully saturated rings. The molecule has 0 atom stereocenters. The van der Waals surface area contributed by atoms with Gasteiger partial charge in [-0.1, -0.05) is 6.07 Å². The minimum atomic E-state index is -3.74. The largest absolute Gasteiger partial charge is 0.368 e. The molecule has 0 radical (unpaired) electrons. The van der Waals surface area contributed by atoms with Crippen LogP contribution in [0.5, 0.6) is 0 Å². The lowest BCUT2D eigenvalue weighted by atomic mass is 10.2. The minimum absolute atomic E-state index is 0.00982. The highest BCUT2D eigenvalue weighted by molar-refractivity contribution is 7.90. The Kier molecular flexibility index (Phi) is 5.18. The Morgan fingerprint density at radius 1 is 0.857 bits per heavy atom. The smallest absolute Gasteiger partial charge is 0.311 e. The molecule has 0 saturated carbocycles. The monoisotopic (exact) mass is 406 g/mol. The van der Waals surface area contributed by atoms with Crippen molar-refractivity contribution in [2.24, 2.45) is 0 Å². The predicted octanol–water partition coefficient (Wildman–Crippen LogP) is 2.23. The third-order valence-electron chi connectivity index (χ3n) is 4.61. The zero-order valence-corrected chi connectivity index (χ0v) is 15.8. The van der Waals surface area contributed by atoms with Crippen LogP contribution in [-0.2, 0) is 9.84 Å². The van der Waals surface area contributed by atoms with E-state index in [4.69, 9.17) is 0 Å². The van der Waals surface area contributed by atoms with Gasteiger partial charge in [0.2, 0.25) is 0 Å². The summed E-state index contributed by atoms with van der Waals surface area (Å²) in [4.78, 5) is 24.7. The van der Waals surface area contributed by atoms with Crippen molar-refractivity contribution >= 4 is 32.6 Å². The number of para-hydroxylation sites is 1. The number of rotatable bonds is 5. The van der Waals surface area contributed by atoms with Gasteiger partial charge in [-0.25, -0.2) is 8.42 Å². The van der Waals surface area contributed by atoms with Gasteiger partial charge in [0, 0.05) is 50.3 Å². The van der Waals surface area contributed by atoms with E-state index in [2.05, 4.69) is 0 Å². The lowest BCUT2D eigenvalue weighted by molar-refractivity contribution is -0.387. The second kappa shape index (κ2) is 7.43. The molecule has 2 aromatic carbocycles. The molecule has 148 valence electrons. The number of benzene rings is 2. The fourth-order valence-electron chi connectivity index (χ4n) is 3.24. The van der Waals surface area contributed by atoms with Gasteiger partial charge in [0.15, 0.2) is 9.84 Å². The van der Waals surface area contributed by atoms with Crippen LogP contribution >= 0.6 is 0 Å². The molecule has 1 saturated heterocycles. The van der Waals surface area contributed by atoms with Crippen molar-refractivity contribution in [2.45, 2.75) is 4.90 Å². The van der Waals surface area contributed by atoms with Crippen LogP contribution in [-0.4, -0.2) is 50.7 Å². The van der Waals surface area contributed by atoms with E-state index < -0.39 is 25.4 Å². The number of nitro benzene ring substituents is 2. The van der Waals surface area contributed by atoms with Crippen LogP contribution < -0.4 is 9.80 Å². The summed E-state index contributed by atoms with van der Waals surface area (Å²) in [6.07, 6.45) is 0.950. The number of hydrogen-bond acceptors (Lipinski definition) is 8. The molecule has 0 aromatic heterocycles. The van der Waals surface area contributed by atoms with Crippen molar-refractivity contribution in [3.05, 3.63) is 62.7 Å². The Morgan fingerprint density at radius 3 is 1.93 bits per heavy atom. The van der Waals surface area contributed by atoms with E-state index in [0.717, 1.165) is 11.9 Å². The molecule has 0 aliphatic carbocycles. The van der Waals surface area contributed by atoms with Crippen LogP contribution in [0, 0.1) is 20.2 Å². The van der Waals surface area contributed by atoms with Gasteiger partial charge in [0.05, 0.1) is 9.85 Å². The van der Waals surface area contributed by atoms with Crippen LogP contribution in [0.15, 0.2) is 47.4 Å². The van der Waals surface area contributed by atoms with E-state index in [0.29, 0.717) is 26.2 Å². The second-order valence-electron chi connectivity index (χ2n) is 6.40. The fourth-order valence-corrected chi connectivity index (χ4v) is 4.10. The number of anilines is 2. The Bertz CT molecular complexity index is 1010. The standard InChI is InChI=1S/C17H18N4O6S/c1-28(26,27)16-4-2-3-15(17(16)21(24)25)19-11-9-18(10-12-19)13-5-7-14(8-6-13)20(22)23/h2-8H,9-12H2,1H3. The highest BCUT2D eigenvalue weighted by Crippen LogP contribution is 2.35. The average Bonchev–Trinajstić information content (AvgIpc) is 2.67. The number of hydrogen-bond donors (Lipinski definition) is 0. The summed E-state index contributed by atoms with van der Waals surface area (Å²) in [6.45, 7) is 1.98. The van der Waals surface area contributed by atoms with Crippen LogP contribution in [0.3, 0.4) is 0 Å². The second-order valence-corrected chi connectivity index (χ2v) is 8.38. The quantitative estimate of drug-likeness (QED) is 0.546. The first kappa shape index (κ1) is 19.5. The number of piperazine rings is 1. The van der Waals surface area contributed by atoms with E-state index in [1.807, 2.05) is 4.90 Å². The molecule has 0 spiro atoms. The van der Waals surface area contributed by atoms with Gasteiger partial charge in [-0.2, -0.15) is 0 Å². The number of sulfone groups is 1.